The van der Waals surface area contributed by atoms with Crippen molar-refractivity contribution in [1.82, 2.24) is 4.90 Å². The summed E-state index contributed by atoms with van der Waals surface area (Å²) in [5.74, 6) is -1.48. The lowest BCUT2D eigenvalue weighted by molar-refractivity contribution is -0.188. The summed E-state index contributed by atoms with van der Waals surface area (Å²) in [5, 5.41) is 9.84. The number of carbonyl (C=O) groups is 2. The molecule has 2 aliphatic rings. The van der Waals surface area contributed by atoms with E-state index in [-0.39, 0.29) is 5.91 Å². The van der Waals surface area contributed by atoms with Crippen LogP contribution in [0.25, 0.3) is 0 Å². The Kier molecular flexibility index (Phi) is 2.87. The van der Waals surface area contributed by atoms with Crippen LogP contribution in [0.3, 0.4) is 0 Å². The molecule has 104 valence electrons. The van der Waals surface area contributed by atoms with Crippen LogP contribution in [0.15, 0.2) is 42.5 Å². The molecule has 1 aliphatic heterocycles. The van der Waals surface area contributed by atoms with Crippen molar-refractivity contribution in [2.45, 2.75) is 18.2 Å². The summed E-state index contributed by atoms with van der Waals surface area (Å²) in [6.45, 7) is 0.322. The van der Waals surface area contributed by atoms with Crippen LogP contribution in [0.4, 0.5) is 0 Å². The van der Waals surface area contributed by atoms with E-state index in [4.69, 9.17) is 4.74 Å². The Morgan fingerprint density at radius 1 is 1.40 bits per heavy atom. The number of ether oxygens (including phenoxy) is 1. The maximum atomic E-state index is 12.2. The van der Waals surface area contributed by atoms with Gasteiger partial charge < -0.3 is 14.7 Å². The van der Waals surface area contributed by atoms with E-state index in [0.29, 0.717) is 6.54 Å². The fraction of sp³-hybridized carbons (Fsp3) is 0.333. The van der Waals surface area contributed by atoms with E-state index in [0.717, 1.165) is 5.56 Å². The molecule has 20 heavy (non-hydrogen) atoms. The summed E-state index contributed by atoms with van der Waals surface area (Å²) in [5.41, 5.74) is -0.224. The predicted molar refractivity (Wildman–Crippen MR) is 70.4 cm³/mol. The summed E-state index contributed by atoms with van der Waals surface area (Å²) in [6, 6.07) is 9.42. The standard InChI is InChI=1S/C15H15NO4/c1-20-14(19)15-8-7-11(17)12(15)13(18)16(15)9-10-5-3-2-4-6-10/h2-8,11-12,17H,9H2,1H3/t11-,12+,15+/m0/s1. The number of esters is 1. The summed E-state index contributed by atoms with van der Waals surface area (Å²) < 4.78 is 4.83. The Hall–Kier alpha value is -2.14. The van der Waals surface area contributed by atoms with Crippen molar-refractivity contribution in [3.8, 4) is 0 Å². The Balaban J connectivity index is 1.93. The molecule has 5 nitrogen and oxygen atoms in total. The second-order valence-corrected chi connectivity index (χ2v) is 5.05. The van der Waals surface area contributed by atoms with Crippen molar-refractivity contribution >= 4 is 11.9 Å². The second kappa shape index (κ2) is 4.45. The molecule has 1 aromatic rings. The number of hydrogen-bond donors (Lipinski definition) is 1. The molecule has 0 aromatic heterocycles. The third-order valence-corrected chi connectivity index (χ3v) is 4.04. The summed E-state index contributed by atoms with van der Waals surface area (Å²) in [4.78, 5) is 25.8. The van der Waals surface area contributed by atoms with E-state index < -0.39 is 23.5 Å². The highest BCUT2D eigenvalue weighted by atomic mass is 16.5. The molecule has 1 saturated heterocycles. The lowest BCUT2D eigenvalue weighted by Crippen LogP contribution is -2.73. The van der Waals surface area contributed by atoms with Gasteiger partial charge in [-0.05, 0) is 11.6 Å². The molecular formula is C15H15NO4. The molecule has 0 unspecified atom stereocenters. The number of amides is 1. The smallest absolute Gasteiger partial charge is 0.336 e. The highest BCUT2D eigenvalue weighted by Gasteiger charge is 2.68. The Morgan fingerprint density at radius 2 is 2.10 bits per heavy atom. The molecule has 0 saturated carbocycles. The van der Waals surface area contributed by atoms with Crippen molar-refractivity contribution in [2.75, 3.05) is 7.11 Å². The topological polar surface area (TPSA) is 66.8 Å². The zero-order valence-corrected chi connectivity index (χ0v) is 11.0. The quantitative estimate of drug-likeness (QED) is 0.494. The highest BCUT2D eigenvalue weighted by Crippen LogP contribution is 2.47. The van der Waals surface area contributed by atoms with Gasteiger partial charge in [0.25, 0.3) is 0 Å². The number of aliphatic hydroxyl groups is 1. The number of β-lactam (4-membered cyclic amide) rings is 1. The number of nitrogens with zero attached hydrogens (tertiary/aromatic N) is 1. The van der Waals surface area contributed by atoms with Gasteiger partial charge in [-0.3, -0.25) is 4.79 Å². The lowest BCUT2D eigenvalue weighted by Gasteiger charge is -2.52. The van der Waals surface area contributed by atoms with Gasteiger partial charge in [0.1, 0.15) is 5.92 Å². The van der Waals surface area contributed by atoms with E-state index in [2.05, 4.69) is 0 Å². The van der Waals surface area contributed by atoms with Gasteiger partial charge in [-0.2, -0.15) is 0 Å². The Labute approximate surface area is 116 Å². The van der Waals surface area contributed by atoms with E-state index in [1.165, 1.54) is 18.1 Å². The van der Waals surface area contributed by atoms with Crippen molar-refractivity contribution in [3.05, 3.63) is 48.0 Å². The van der Waals surface area contributed by atoms with Gasteiger partial charge in [0.2, 0.25) is 5.91 Å². The normalized spacial score (nSPS) is 30.9. The molecule has 3 atom stereocenters. The van der Waals surface area contributed by atoms with Crippen molar-refractivity contribution in [1.29, 1.82) is 0 Å². The number of benzene rings is 1. The maximum absolute atomic E-state index is 12.2. The van der Waals surface area contributed by atoms with Crippen LogP contribution in [0, 0.1) is 5.92 Å². The zero-order chi connectivity index (χ0) is 14.3. The van der Waals surface area contributed by atoms with E-state index in [1.807, 2.05) is 30.3 Å². The first kappa shape index (κ1) is 12.9. The molecule has 1 heterocycles. The Bertz CT molecular complexity index is 583. The molecule has 1 N–H and O–H groups in total. The van der Waals surface area contributed by atoms with Crippen LogP contribution in [-0.2, 0) is 20.9 Å². The minimum absolute atomic E-state index is 0.225. The predicted octanol–water partition coefficient (Wildman–Crippen LogP) is 0.487. The molecule has 3 rings (SSSR count). The molecule has 1 aromatic carbocycles. The molecule has 0 spiro atoms. The minimum atomic E-state index is -1.15. The zero-order valence-electron chi connectivity index (χ0n) is 11.0. The molecule has 0 bridgehead atoms. The van der Waals surface area contributed by atoms with Gasteiger partial charge in [-0.1, -0.05) is 36.4 Å². The van der Waals surface area contributed by atoms with Crippen LogP contribution in [0.5, 0.6) is 0 Å². The van der Waals surface area contributed by atoms with E-state index in [9.17, 15) is 14.7 Å². The molecule has 1 aliphatic carbocycles. The molecule has 1 amide bonds. The fourth-order valence-corrected chi connectivity index (χ4v) is 3.04. The summed E-state index contributed by atoms with van der Waals surface area (Å²) in [6.07, 6.45) is 2.15. The summed E-state index contributed by atoms with van der Waals surface area (Å²) >= 11 is 0. The first-order valence-corrected chi connectivity index (χ1v) is 6.42. The first-order valence-electron chi connectivity index (χ1n) is 6.42. The van der Waals surface area contributed by atoms with Crippen LogP contribution in [-0.4, -0.2) is 40.6 Å². The Morgan fingerprint density at radius 3 is 2.75 bits per heavy atom. The van der Waals surface area contributed by atoms with Gasteiger partial charge in [0.05, 0.1) is 13.2 Å². The van der Waals surface area contributed by atoms with Gasteiger partial charge >= 0.3 is 5.97 Å². The lowest BCUT2D eigenvalue weighted by atomic mass is 9.74. The average molecular weight is 273 g/mol. The number of carbonyl (C=O) groups excluding carboxylic acids is 2. The van der Waals surface area contributed by atoms with Gasteiger partial charge in [0.15, 0.2) is 5.54 Å². The highest BCUT2D eigenvalue weighted by molar-refractivity contribution is 6.04. The van der Waals surface area contributed by atoms with Gasteiger partial charge in [-0.25, -0.2) is 4.79 Å². The molecule has 5 heteroatoms. The largest absolute Gasteiger partial charge is 0.467 e. The first-order chi connectivity index (χ1) is 9.61. The maximum Gasteiger partial charge on any atom is 0.336 e. The van der Waals surface area contributed by atoms with Crippen LogP contribution in [0.1, 0.15) is 5.56 Å². The minimum Gasteiger partial charge on any atom is -0.467 e. The third kappa shape index (κ3) is 1.53. The van der Waals surface area contributed by atoms with E-state index >= 15 is 0 Å². The van der Waals surface area contributed by atoms with Gasteiger partial charge in [0, 0.05) is 6.54 Å². The monoisotopic (exact) mass is 273 g/mol. The number of methoxy groups -OCH3 is 1. The molecule has 1 fully saturated rings. The van der Waals surface area contributed by atoms with Crippen molar-refractivity contribution < 1.29 is 19.4 Å². The molecular weight excluding hydrogens is 258 g/mol. The van der Waals surface area contributed by atoms with E-state index in [1.54, 1.807) is 6.08 Å². The second-order valence-electron chi connectivity index (χ2n) is 5.05. The molecule has 0 radical (unpaired) electrons. The van der Waals surface area contributed by atoms with Crippen molar-refractivity contribution in [3.63, 3.8) is 0 Å². The van der Waals surface area contributed by atoms with Crippen LogP contribution < -0.4 is 0 Å². The number of hydrogen-bond acceptors (Lipinski definition) is 4. The average Bonchev–Trinajstić information content (AvgIpc) is 2.79. The number of likely N-dealkylation sites (tertiary alicyclic amines) is 1. The third-order valence-electron chi connectivity index (χ3n) is 4.04. The SMILES string of the molecule is COC(=O)[C@@]12C=C[C@H](O)[C@@H]1C(=O)N2Cc1ccccc1. The fourth-order valence-electron chi connectivity index (χ4n) is 3.04. The number of fused-ring (bicyclic) bond motifs is 1. The van der Waals surface area contributed by atoms with Crippen LogP contribution in [0.2, 0.25) is 0 Å². The summed E-state index contributed by atoms with van der Waals surface area (Å²) in [7, 11) is 1.29. The van der Waals surface area contributed by atoms with Crippen molar-refractivity contribution in [2.24, 2.45) is 5.92 Å². The van der Waals surface area contributed by atoms with Crippen LogP contribution >= 0.6 is 0 Å². The number of rotatable bonds is 3. The number of aliphatic hydroxyl groups excluding tert-OH is 1. The van der Waals surface area contributed by atoms with Gasteiger partial charge in [-0.15, -0.1) is 0 Å².